The molecule has 0 spiro atoms. The fourth-order valence-corrected chi connectivity index (χ4v) is 2.75. The first-order valence-electron chi connectivity index (χ1n) is 7.44. The van der Waals surface area contributed by atoms with Crippen LogP contribution >= 0.6 is 0 Å². The molecule has 2 rings (SSSR count). The van der Waals surface area contributed by atoms with Gasteiger partial charge in [0.15, 0.2) is 0 Å². The van der Waals surface area contributed by atoms with Crippen molar-refractivity contribution >= 4 is 17.5 Å². The second-order valence-electron chi connectivity index (χ2n) is 5.83. The van der Waals surface area contributed by atoms with Crippen molar-refractivity contribution in [2.75, 3.05) is 4.90 Å². The average molecular weight is 289 g/mol. The summed E-state index contributed by atoms with van der Waals surface area (Å²) in [6, 6.07) is 3.28. The molecular formula is C16H23N3O2. The largest absolute Gasteiger partial charge is 0.340 e. The first-order chi connectivity index (χ1) is 9.84. The minimum atomic E-state index is -0.847. The Hall–Kier alpha value is -1.91. The van der Waals surface area contributed by atoms with Crippen LogP contribution in [0.1, 0.15) is 45.0 Å². The highest BCUT2D eigenvalue weighted by molar-refractivity contribution is 6.10. The molecule has 0 aliphatic carbocycles. The highest BCUT2D eigenvalue weighted by Crippen LogP contribution is 2.30. The van der Waals surface area contributed by atoms with Crippen LogP contribution in [-0.2, 0) is 9.59 Å². The number of pyridine rings is 1. The lowest BCUT2D eigenvalue weighted by Gasteiger charge is -2.44. The number of rotatable bonds is 3. The molecule has 21 heavy (non-hydrogen) atoms. The summed E-state index contributed by atoms with van der Waals surface area (Å²) in [7, 11) is 0. The molecule has 1 saturated heterocycles. The zero-order chi connectivity index (χ0) is 15.8. The van der Waals surface area contributed by atoms with Crippen LogP contribution in [0.25, 0.3) is 0 Å². The molecule has 0 saturated carbocycles. The van der Waals surface area contributed by atoms with Crippen LogP contribution in [0.2, 0.25) is 0 Å². The number of amides is 2. The van der Waals surface area contributed by atoms with Crippen LogP contribution in [0.4, 0.5) is 5.69 Å². The lowest BCUT2D eigenvalue weighted by atomic mass is 9.90. The zero-order valence-corrected chi connectivity index (χ0v) is 13.4. The molecule has 1 aromatic rings. The number of nitrogens with zero attached hydrogens (tertiary/aromatic N) is 2. The van der Waals surface area contributed by atoms with E-state index in [1.54, 1.807) is 11.8 Å². The van der Waals surface area contributed by atoms with E-state index in [-0.39, 0.29) is 11.8 Å². The average Bonchev–Trinajstić information content (AvgIpc) is 2.43. The summed E-state index contributed by atoms with van der Waals surface area (Å²) < 4.78 is 0. The Labute approximate surface area is 125 Å². The van der Waals surface area contributed by atoms with Crippen LogP contribution in [0.15, 0.2) is 12.1 Å². The maximum Gasteiger partial charge on any atom is 0.253 e. The van der Waals surface area contributed by atoms with Gasteiger partial charge in [-0.15, -0.1) is 0 Å². The van der Waals surface area contributed by atoms with Gasteiger partial charge in [-0.3, -0.25) is 19.5 Å². The number of aromatic nitrogens is 1. The van der Waals surface area contributed by atoms with E-state index in [4.69, 9.17) is 0 Å². The first-order valence-corrected chi connectivity index (χ1v) is 7.44. The molecule has 5 heteroatoms. The maximum atomic E-state index is 12.9. The highest BCUT2D eigenvalue weighted by atomic mass is 16.2. The third kappa shape index (κ3) is 2.52. The molecule has 1 N–H and O–H groups in total. The van der Waals surface area contributed by atoms with E-state index < -0.39 is 11.6 Å². The molecule has 0 bridgehead atoms. The third-order valence-corrected chi connectivity index (χ3v) is 4.25. The van der Waals surface area contributed by atoms with Crippen LogP contribution < -0.4 is 10.2 Å². The molecule has 1 fully saturated rings. The van der Waals surface area contributed by atoms with Crippen molar-refractivity contribution in [1.82, 2.24) is 10.3 Å². The van der Waals surface area contributed by atoms with Crippen molar-refractivity contribution in [2.45, 2.75) is 59.0 Å². The molecule has 1 aliphatic heterocycles. The van der Waals surface area contributed by atoms with Gasteiger partial charge in [0.25, 0.3) is 5.91 Å². The fraction of sp³-hybridized carbons (Fsp3) is 0.562. The Bertz CT molecular complexity index is 585. The van der Waals surface area contributed by atoms with Crippen molar-refractivity contribution in [2.24, 2.45) is 0 Å². The number of aryl methyl sites for hydroxylation is 2. The normalized spacial score (nSPS) is 26.0. The number of hydrogen-bond acceptors (Lipinski definition) is 3. The van der Waals surface area contributed by atoms with E-state index >= 15 is 0 Å². The predicted octanol–water partition coefficient (Wildman–Crippen LogP) is 2.11. The van der Waals surface area contributed by atoms with E-state index in [0.29, 0.717) is 12.8 Å². The van der Waals surface area contributed by atoms with Gasteiger partial charge in [-0.05, 0) is 45.7 Å². The molecule has 1 aromatic heterocycles. The van der Waals surface area contributed by atoms with E-state index in [1.807, 2.05) is 39.8 Å². The summed E-state index contributed by atoms with van der Waals surface area (Å²) in [6.07, 6.45) is 1.13. The smallest absolute Gasteiger partial charge is 0.253 e. The summed E-state index contributed by atoms with van der Waals surface area (Å²) in [6.45, 7) is 9.38. The van der Waals surface area contributed by atoms with Gasteiger partial charge in [0.2, 0.25) is 5.91 Å². The molecule has 2 amide bonds. The fourth-order valence-electron chi connectivity index (χ4n) is 2.75. The van der Waals surface area contributed by atoms with Crippen LogP contribution in [-0.4, -0.2) is 28.4 Å². The topological polar surface area (TPSA) is 62.3 Å². The Morgan fingerprint density at radius 1 is 1.29 bits per heavy atom. The van der Waals surface area contributed by atoms with Crippen LogP contribution in [0, 0.1) is 13.8 Å². The van der Waals surface area contributed by atoms with Gasteiger partial charge in [-0.2, -0.15) is 0 Å². The van der Waals surface area contributed by atoms with Crippen LogP contribution in [0.5, 0.6) is 0 Å². The van der Waals surface area contributed by atoms with E-state index in [0.717, 1.165) is 17.1 Å². The van der Waals surface area contributed by atoms with Gasteiger partial charge in [0, 0.05) is 5.69 Å². The Kier molecular flexibility index (Phi) is 4.03. The predicted molar refractivity (Wildman–Crippen MR) is 82.1 cm³/mol. The van der Waals surface area contributed by atoms with Gasteiger partial charge >= 0.3 is 0 Å². The van der Waals surface area contributed by atoms with Gasteiger partial charge < -0.3 is 5.32 Å². The lowest BCUT2D eigenvalue weighted by Crippen LogP contribution is -2.69. The van der Waals surface area contributed by atoms with Crippen molar-refractivity contribution in [3.8, 4) is 0 Å². The van der Waals surface area contributed by atoms with E-state index in [1.165, 1.54) is 0 Å². The lowest BCUT2D eigenvalue weighted by molar-refractivity contribution is -0.138. The third-order valence-electron chi connectivity index (χ3n) is 4.25. The molecule has 2 unspecified atom stereocenters. The van der Waals surface area contributed by atoms with E-state index in [2.05, 4.69) is 10.3 Å². The minimum absolute atomic E-state index is 0.0646. The SMILES string of the molecule is CCC1C(=O)NC(C)(CC)C(=O)N1c1ccc(C)nc1C. The molecular weight excluding hydrogens is 266 g/mol. The van der Waals surface area contributed by atoms with E-state index in [9.17, 15) is 9.59 Å². The summed E-state index contributed by atoms with van der Waals surface area (Å²) in [5.41, 5.74) is 1.55. The van der Waals surface area contributed by atoms with Gasteiger partial charge in [0.1, 0.15) is 11.6 Å². The number of piperazine rings is 1. The Morgan fingerprint density at radius 2 is 1.95 bits per heavy atom. The van der Waals surface area contributed by atoms with Crippen molar-refractivity contribution < 1.29 is 9.59 Å². The number of carbonyl (C=O) groups is 2. The number of carbonyl (C=O) groups excluding carboxylic acids is 2. The standard InChI is InChI=1S/C16H23N3O2/c1-6-12-14(20)18-16(5,7-2)15(21)19(12)13-9-8-10(3)17-11(13)4/h8-9,12H,6-7H2,1-5H3,(H,18,20). The minimum Gasteiger partial charge on any atom is -0.340 e. The maximum absolute atomic E-state index is 12.9. The summed E-state index contributed by atoms with van der Waals surface area (Å²) in [5.74, 6) is -0.161. The quantitative estimate of drug-likeness (QED) is 0.927. The molecule has 5 nitrogen and oxygen atoms in total. The zero-order valence-electron chi connectivity index (χ0n) is 13.4. The molecule has 2 heterocycles. The second-order valence-corrected chi connectivity index (χ2v) is 5.83. The number of nitrogens with one attached hydrogen (secondary N) is 1. The van der Waals surface area contributed by atoms with Crippen molar-refractivity contribution in [3.63, 3.8) is 0 Å². The van der Waals surface area contributed by atoms with Gasteiger partial charge in [0.05, 0.1) is 11.4 Å². The van der Waals surface area contributed by atoms with Gasteiger partial charge in [-0.1, -0.05) is 13.8 Å². The molecule has 2 atom stereocenters. The second kappa shape index (κ2) is 5.47. The summed E-state index contributed by atoms with van der Waals surface area (Å²) >= 11 is 0. The molecule has 0 radical (unpaired) electrons. The van der Waals surface area contributed by atoms with Crippen molar-refractivity contribution in [1.29, 1.82) is 0 Å². The summed E-state index contributed by atoms with van der Waals surface area (Å²) in [4.78, 5) is 31.4. The monoisotopic (exact) mass is 289 g/mol. The van der Waals surface area contributed by atoms with Crippen molar-refractivity contribution in [3.05, 3.63) is 23.5 Å². The Morgan fingerprint density at radius 3 is 2.48 bits per heavy atom. The molecule has 114 valence electrons. The van der Waals surface area contributed by atoms with Crippen LogP contribution in [0.3, 0.4) is 0 Å². The molecule has 0 aromatic carbocycles. The molecule has 1 aliphatic rings. The summed E-state index contributed by atoms with van der Waals surface area (Å²) in [5, 5.41) is 2.87. The van der Waals surface area contributed by atoms with Gasteiger partial charge in [-0.25, -0.2) is 0 Å². The highest BCUT2D eigenvalue weighted by Gasteiger charge is 2.47. The number of hydrogen-bond donors (Lipinski definition) is 1. The Balaban J connectivity index is 2.54. The number of anilines is 1. The first kappa shape index (κ1) is 15.5.